The lowest BCUT2D eigenvalue weighted by molar-refractivity contribution is 0.0726. The van der Waals surface area contributed by atoms with Crippen LogP contribution in [0.25, 0.3) is 0 Å². The highest BCUT2D eigenvalue weighted by molar-refractivity contribution is 5.92. The van der Waals surface area contributed by atoms with Crippen molar-refractivity contribution in [3.05, 3.63) is 18.2 Å². The van der Waals surface area contributed by atoms with Gasteiger partial charge in [0.05, 0.1) is 12.9 Å². The van der Waals surface area contributed by atoms with Crippen LogP contribution < -0.4 is 5.73 Å². The van der Waals surface area contributed by atoms with Crippen LogP contribution in [0.1, 0.15) is 17.4 Å². The third kappa shape index (κ3) is 3.04. The van der Waals surface area contributed by atoms with Crippen molar-refractivity contribution in [1.82, 2.24) is 14.5 Å². The van der Waals surface area contributed by atoms with Gasteiger partial charge in [-0.15, -0.1) is 0 Å². The molecule has 0 saturated carbocycles. The summed E-state index contributed by atoms with van der Waals surface area (Å²) in [6.07, 6.45) is 3.27. The maximum Gasteiger partial charge on any atom is 0.274 e. The van der Waals surface area contributed by atoms with E-state index in [2.05, 4.69) is 4.98 Å². The van der Waals surface area contributed by atoms with Gasteiger partial charge in [-0.1, -0.05) is 0 Å². The molecule has 0 aliphatic rings. The Morgan fingerprint density at radius 2 is 2.44 bits per heavy atom. The Kier molecular flexibility index (Phi) is 4.94. The van der Waals surface area contributed by atoms with Gasteiger partial charge in [0.2, 0.25) is 0 Å². The Hall–Kier alpha value is -1.40. The fraction of sp³-hybridized carbons (Fsp3) is 0.600. The van der Waals surface area contributed by atoms with Crippen LogP contribution in [0.2, 0.25) is 0 Å². The number of aromatic nitrogens is 2. The second kappa shape index (κ2) is 6.24. The molecule has 0 aliphatic carbocycles. The van der Waals surface area contributed by atoms with E-state index in [-0.39, 0.29) is 12.5 Å². The number of rotatable bonds is 6. The first-order valence-electron chi connectivity index (χ1n) is 5.34. The van der Waals surface area contributed by atoms with Gasteiger partial charge >= 0.3 is 0 Å². The van der Waals surface area contributed by atoms with Gasteiger partial charge in [0.15, 0.2) is 0 Å². The monoisotopic (exact) mass is 226 g/mol. The lowest BCUT2D eigenvalue weighted by atomic mass is 10.3. The van der Waals surface area contributed by atoms with Gasteiger partial charge in [-0.3, -0.25) is 4.79 Å². The van der Waals surface area contributed by atoms with Crippen LogP contribution in [0.4, 0.5) is 0 Å². The third-order valence-electron chi connectivity index (χ3n) is 2.28. The molecule has 1 aromatic rings. The summed E-state index contributed by atoms with van der Waals surface area (Å²) in [5.41, 5.74) is 5.79. The number of aliphatic hydroxyl groups excluding tert-OH is 1. The van der Waals surface area contributed by atoms with Gasteiger partial charge < -0.3 is 20.3 Å². The number of nitrogens with two attached hydrogens (primary N) is 1. The van der Waals surface area contributed by atoms with Crippen molar-refractivity contribution in [2.24, 2.45) is 5.73 Å². The molecule has 1 amide bonds. The summed E-state index contributed by atoms with van der Waals surface area (Å²) in [4.78, 5) is 17.5. The average molecular weight is 226 g/mol. The number of carbonyl (C=O) groups is 1. The Balaban J connectivity index is 2.70. The molecule has 0 fully saturated rings. The van der Waals surface area contributed by atoms with Crippen LogP contribution in [0.5, 0.6) is 0 Å². The van der Waals surface area contributed by atoms with Crippen LogP contribution in [0.3, 0.4) is 0 Å². The number of hydrogen-bond acceptors (Lipinski definition) is 4. The van der Waals surface area contributed by atoms with Crippen molar-refractivity contribution >= 4 is 5.91 Å². The molecule has 3 N–H and O–H groups in total. The largest absolute Gasteiger partial charge is 0.395 e. The molecule has 0 bridgehead atoms. The van der Waals surface area contributed by atoms with E-state index in [9.17, 15) is 4.79 Å². The van der Waals surface area contributed by atoms with Crippen molar-refractivity contribution in [3.8, 4) is 0 Å². The maximum absolute atomic E-state index is 11.9. The van der Waals surface area contributed by atoms with Crippen molar-refractivity contribution in [2.75, 3.05) is 26.2 Å². The normalized spacial score (nSPS) is 10.4. The van der Waals surface area contributed by atoms with Crippen molar-refractivity contribution < 1.29 is 9.90 Å². The van der Waals surface area contributed by atoms with Gasteiger partial charge in [0.25, 0.3) is 5.91 Å². The highest BCUT2D eigenvalue weighted by Crippen LogP contribution is 2.02. The van der Waals surface area contributed by atoms with Crippen LogP contribution in [0, 0.1) is 0 Å². The molecular formula is C10H18N4O2. The fourth-order valence-electron chi connectivity index (χ4n) is 1.43. The van der Waals surface area contributed by atoms with Gasteiger partial charge in [-0.25, -0.2) is 4.98 Å². The molecule has 0 unspecified atom stereocenters. The minimum absolute atomic E-state index is 0.0386. The average Bonchev–Trinajstić information content (AvgIpc) is 2.74. The number of carbonyl (C=O) groups excluding carboxylic acids is 1. The topological polar surface area (TPSA) is 84.4 Å². The van der Waals surface area contributed by atoms with Crippen LogP contribution in [0.15, 0.2) is 12.5 Å². The van der Waals surface area contributed by atoms with Crippen molar-refractivity contribution in [3.63, 3.8) is 0 Å². The SMILES string of the molecule is CCN(CCO)C(=O)c1cn(CCN)cn1. The van der Waals surface area contributed by atoms with E-state index in [1.54, 1.807) is 22.0 Å². The van der Waals surface area contributed by atoms with Gasteiger partial charge in [-0.05, 0) is 6.92 Å². The van der Waals surface area contributed by atoms with Crippen LogP contribution in [-0.4, -0.2) is 51.7 Å². The zero-order chi connectivity index (χ0) is 12.0. The lowest BCUT2D eigenvalue weighted by Crippen LogP contribution is -2.33. The summed E-state index contributed by atoms with van der Waals surface area (Å²) < 4.78 is 1.78. The smallest absolute Gasteiger partial charge is 0.274 e. The molecule has 0 spiro atoms. The summed E-state index contributed by atoms with van der Waals surface area (Å²) in [5.74, 6) is -0.160. The van der Waals surface area contributed by atoms with Gasteiger partial charge in [-0.2, -0.15) is 0 Å². The molecule has 1 rings (SSSR count). The molecule has 0 radical (unpaired) electrons. The summed E-state index contributed by atoms with van der Waals surface area (Å²) in [6.45, 7) is 3.88. The fourth-order valence-corrected chi connectivity index (χ4v) is 1.43. The molecule has 0 aromatic carbocycles. The molecule has 1 aromatic heterocycles. The van der Waals surface area contributed by atoms with Gasteiger partial charge in [0, 0.05) is 32.4 Å². The Morgan fingerprint density at radius 1 is 1.69 bits per heavy atom. The van der Waals surface area contributed by atoms with E-state index in [1.807, 2.05) is 6.92 Å². The summed E-state index contributed by atoms with van der Waals surface area (Å²) in [6, 6.07) is 0. The molecular weight excluding hydrogens is 208 g/mol. The van der Waals surface area contributed by atoms with Crippen molar-refractivity contribution in [1.29, 1.82) is 0 Å². The molecule has 0 aliphatic heterocycles. The molecule has 16 heavy (non-hydrogen) atoms. The molecule has 1 heterocycles. The zero-order valence-electron chi connectivity index (χ0n) is 9.46. The van der Waals surface area contributed by atoms with Gasteiger partial charge in [0.1, 0.15) is 5.69 Å². The number of likely N-dealkylation sites (N-methyl/N-ethyl adjacent to an activating group) is 1. The highest BCUT2D eigenvalue weighted by Gasteiger charge is 2.15. The second-order valence-electron chi connectivity index (χ2n) is 3.39. The van der Waals surface area contributed by atoms with Crippen LogP contribution in [-0.2, 0) is 6.54 Å². The van der Waals surface area contributed by atoms with Crippen molar-refractivity contribution in [2.45, 2.75) is 13.5 Å². The van der Waals surface area contributed by atoms with E-state index in [4.69, 9.17) is 10.8 Å². The molecule has 90 valence electrons. The Morgan fingerprint density at radius 3 is 3.00 bits per heavy atom. The summed E-state index contributed by atoms with van der Waals surface area (Å²) in [7, 11) is 0. The maximum atomic E-state index is 11.9. The first-order chi connectivity index (χ1) is 7.72. The molecule has 6 heteroatoms. The van der Waals surface area contributed by atoms with E-state index < -0.39 is 0 Å². The first-order valence-corrected chi connectivity index (χ1v) is 5.34. The summed E-state index contributed by atoms with van der Waals surface area (Å²) in [5, 5.41) is 8.82. The Labute approximate surface area is 94.7 Å². The molecule has 6 nitrogen and oxygen atoms in total. The first kappa shape index (κ1) is 12.7. The number of imidazole rings is 1. The van der Waals surface area contributed by atoms with E-state index in [0.29, 0.717) is 31.9 Å². The Bertz CT molecular complexity index is 337. The van der Waals surface area contributed by atoms with Crippen LogP contribution >= 0.6 is 0 Å². The third-order valence-corrected chi connectivity index (χ3v) is 2.28. The second-order valence-corrected chi connectivity index (χ2v) is 3.39. The minimum atomic E-state index is -0.160. The standard InChI is InChI=1S/C10H18N4O2/c1-2-14(5-6-15)10(16)9-7-13(4-3-11)8-12-9/h7-8,15H,2-6,11H2,1H3. The number of hydrogen-bond donors (Lipinski definition) is 2. The number of amides is 1. The zero-order valence-corrected chi connectivity index (χ0v) is 9.46. The van der Waals surface area contributed by atoms with E-state index in [1.165, 1.54) is 0 Å². The van der Waals surface area contributed by atoms with E-state index in [0.717, 1.165) is 0 Å². The van der Waals surface area contributed by atoms with E-state index >= 15 is 0 Å². The number of aliphatic hydroxyl groups is 1. The summed E-state index contributed by atoms with van der Waals surface area (Å²) >= 11 is 0. The lowest BCUT2D eigenvalue weighted by Gasteiger charge is -2.17. The predicted molar refractivity (Wildman–Crippen MR) is 59.9 cm³/mol. The highest BCUT2D eigenvalue weighted by atomic mass is 16.3. The minimum Gasteiger partial charge on any atom is -0.395 e. The predicted octanol–water partition coefficient (Wildman–Crippen LogP) is -0.704. The quantitative estimate of drug-likeness (QED) is 0.671. The molecule has 0 atom stereocenters. The molecule has 0 saturated heterocycles. The number of nitrogens with zero attached hydrogens (tertiary/aromatic N) is 3.